The summed E-state index contributed by atoms with van der Waals surface area (Å²) in [4.78, 5) is 27.6. The van der Waals surface area contributed by atoms with Gasteiger partial charge in [0.2, 0.25) is 5.88 Å². The Kier molecular flexibility index (Phi) is 6.03. The molecule has 4 rings (SSSR count). The fraction of sp³-hybridized carbons (Fsp3) is 0.273. The first-order valence-corrected chi connectivity index (χ1v) is 10.5. The number of piperidine rings is 1. The van der Waals surface area contributed by atoms with Crippen molar-refractivity contribution in [3.63, 3.8) is 0 Å². The summed E-state index contributed by atoms with van der Waals surface area (Å²) in [6.45, 7) is 2.61. The molecule has 2 aromatic heterocycles. The highest BCUT2D eigenvalue weighted by Gasteiger charge is 2.34. The number of hydrogen-bond donors (Lipinski definition) is 0. The molecule has 0 spiro atoms. The topological polar surface area (TPSA) is 68.2 Å². The van der Waals surface area contributed by atoms with Gasteiger partial charge in [-0.15, -0.1) is 0 Å². The normalized spacial score (nSPS) is 18.8. The largest absolute Gasteiger partial charge is 0.472 e. The van der Waals surface area contributed by atoms with Crippen LogP contribution in [-0.2, 0) is 0 Å². The Labute approximate surface area is 182 Å². The molecule has 8 heteroatoms. The Bertz CT molecular complexity index is 1030. The predicted molar refractivity (Wildman–Crippen MR) is 114 cm³/mol. The third-order valence-electron chi connectivity index (χ3n) is 5.17. The van der Waals surface area contributed by atoms with Crippen LogP contribution in [0.25, 0.3) is 11.4 Å². The van der Waals surface area contributed by atoms with E-state index in [9.17, 15) is 9.18 Å². The van der Waals surface area contributed by atoms with E-state index >= 15 is 0 Å². The molecule has 3 aromatic rings. The number of aromatic nitrogens is 3. The van der Waals surface area contributed by atoms with Gasteiger partial charge in [-0.2, -0.15) is 0 Å². The van der Waals surface area contributed by atoms with Gasteiger partial charge in [-0.05, 0) is 47.8 Å². The number of pyridine rings is 1. The number of amides is 1. The molecule has 0 aliphatic carbocycles. The highest BCUT2D eigenvalue weighted by Crippen LogP contribution is 2.27. The summed E-state index contributed by atoms with van der Waals surface area (Å²) in [5.41, 5.74) is 1.06. The first kappa shape index (κ1) is 20.4. The van der Waals surface area contributed by atoms with Gasteiger partial charge in [-0.25, -0.2) is 19.3 Å². The molecule has 3 heterocycles. The van der Waals surface area contributed by atoms with Crippen LogP contribution < -0.4 is 4.74 Å². The molecule has 0 N–H and O–H groups in total. The first-order chi connectivity index (χ1) is 14.5. The van der Waals surface area contributed by atoms with Crippen molar-refractivity contribution in [1.82, 2.24) is 19.9 Å². The molecule has 1 fully saturated rings. The summed E-state index contributed by atoms with van der Waals surface area (Å²) < 4.78 is 20.2. The minimum atomic E-state index is -0.520. The smallest absolute Gasteiger partial charge is 0.254 e. The van der Waals surface area contributed by atoms with Gasteiger partial charge in [0.25, 0.3) is 5.91 Å². The average molecular weight is 471 g/mol. The van der Waals surface area contributed by atoms with Crippen LogP contribution in [0.3, 0.4) is 0 Å². The first-order valence-electron chi connectivity index (χ1n) is 9.69. The van der Waals surface area contributed by atoms with Crippen molar-refractivity contribution in [2.24, 2.45) is 0 Å². The lowest BCUT2D eigenvalue weighted by atomic mass is 9.97. The Morgan fingerprint density at radius 2 is 1.90 bits per heavy atom. The number of carbonyl (C=O) groups is 1. The molecule has 1 saturated heterocycles. The van der Waals surface area contributed by atoms with Crippen molar-refractivity contribution < 1.29 is 13.9 Å². The molecular formula is C22H20BrFN4O2. The van der Waals surface area contributed by atoms with E-state index in [2.05, 4.69) is 30.9 Å². The summed E-state index contributed by atoms with van der Waals surface area (Å²) in [6.07, 6.45) is 5.39. The molecule has 2 atom stereocenters. The summed E-state index contributed by atoms with van der Waals surface area (Å²) in [6, 6.07) is 10.7. The van der Waals surface area contributed by atoms with Crippen LogP contribution in [0.15, 0.2) is 59.5 Å². The summed E-state index contributed by atoms with van der Waals surface area (Å²) in [5, 5.41) is 0. The SMILES string of the molecule is C[C@H]1[C@H](Oc2ccc(Br)cn2)CCCN1C(=O)c1ccccc1-c1ncc(F)cn1. The van der Waals surface area contributed by atoms with Crippen molar-refractivity contribution in [2.45, 2.75) is 31.9 Å². The summed E-state index contributed by atoms with van der Waals surface area (Å²) in [5.74, 6) is 0.207. The third-order valence-corrected chi connectivity index (χ3v) is 5.64. The van der Waals surface area contributed by atoms with E-state index in [1.807, 2.05) is 24.0 Å². The maximum absolute atomic E-state index is 13.4. The number of rotatable bonds is 4. The van der Waals surface area contributed by atoms with Crippen LogP contribution in [0.5, 0.6) is 5.88 Å². The Morgan fingerprint density at radius 3 is 2.63 bits per heavy atom. The van der Waals surface area contributed by atoms with Gasteiger partial charge in [0.15, 0.2) is 11.6 Å². The second kappa shape index (κ2) is 8.87. The summed E-state index contributed by atoms with van der Waals surface area (Å²) in [7, 11) is 0. The molecule has 1 aliphatic heterocycles. The average Bonchev–Trinajstić information content (AvgIpc) is 2.77. The fourth-order valence-corrected chi connectivity index (χ4v) is 3.84. The molecular weight excluding hydrogens is 451 g/mol. The van der Waals surface area contributed by atoms with Gasteiger partial charge < -0.3 is 9.64 Å². The fourth-order valence-electron chi connectivity index (χ4n) is 3.61. The number of hydrogen-bond acceptors (Lipinski definition) is 5. The van der Waals surface area contributed by atoms with E-state index < -0.39 is 5.82 Å². The third kappa shape index (κ3) is 4.33. The molecule has 1 aromatic carbocycles. The predicted octanol–water partition coefficient (Wildman–Crippen LogP) is 4.51. The zero-order valence-corrected chi connectivity index (χ0v) is 17.9. The lowest BCUT2D eigenvalue weighted by Crippen LogP contribution is -2.51. The highest BCUT2D eigenvalue weighted by molar-refractivity contribution is 9.10. The van der Waals surface area contributed by atoms with Crippen molar-refractivity contribution in [3.05, 3.63) is 70.8 Å². The van der Waals surface area contributed by atoms with Crippen LogP contribution in [0, 0.1) is 5.82 Å². The number of likely N-dealkylation sites (tertiary alicyclic amines) is 1. The van der Waals surface area contributed by atoms with Crippen molar-refractivity contribution in [2.75, 3.05) is 6.54 Å². The van der Waals surface area contributed by atoms with Gasteiger partial charge in [0, 0.05) is 28.8 Å². The molecule has 0 saturated carbocycles. The van der Waals surface area contributed by atoms with Crippen molar-refractivity contribution in [3.8, 4) is 17.3 Å². The number of nitrogens with zero attached hydrogens (tertiary/aromatic N) is 4. The van der Waals surface area contributed by atoms with E-state index in [-0.39, 0.29) is 18.1 Å². The van der Waals surface area contributed by atoms with E-state index in [0.717, 1.165) is 29.7 Å². The zero-order valence-electron chi connectivity index (χ0n) is 16.3. The quantitative estimate of drug-likeness (QED) is 0.560. The Morgan fingerprint density at radius 1 is 1.13 bits per heavy atom. The monoisotopic (exact) mass is 470 g/mol. The molecule has 154 valence electrons. The standard InChI is InChI=1S/C22H20BrFN4O2/c1-14-19(30-20-9-8-15(23)11-25-20)7-4-10-28(14)22(29)18-6-3-2-5-17(18)21-26-12-16(24)13-27-21/h2-3,5-6,8-9,11-14,19H,4,7,10H2,1H3/t14-,19+/m0/s1. The minimum absolute atomic E-state index is 0.122. The van der Waals surface area contributed by atoms with Gasteiger partial charge >= 0.3 is 0 Å². The maximum atomic E-state index is 13.4. The lowest BCUT2D eigenvalue weighted by Gasteiger charge is -2.39. The van der Waals surface area contributed by atoms with E-state index in [0.29, 0.717) is 29.4 Å². The minimum Gasteiger partial charge on any atom is -0.472 e. The number of ether oxygens (including phenoxy) is 1. The van der Waals surface area contributed by atoms with Crippen molar-refractivity contribution >= 4 is 21.8 Å². The summed E-state index contributed by atoms with van der Waals surface area (Å²) >= 11 is 3.36. The molecule has 6 nitrogen and oxygen atoms in total. The van der Waals surface area contributed by atoms with Gasteiger partial charge in [0.1, 0.15) is 6.10 Å². The molecule has 0 radical (unpaired) electrons. The van der Waals surface area contributed by atoms with Crippen LogP contribution in [0.2, 0.25) is 0 Å². The molecule has 1 amide bonds. The molecule has 1 aliphatic rings. The van der Waals surface area contributed by atoms with E-state index in [1.165, 1.54) is 0 Å². The van der Waals surface area contributed by atoms with Gasteiger partial charge in [-0.3, -0.25) is 4.79 Å². The van der Waals surface area contributed by atoms with Crippen LogP contribution in [-0.4, -0.2) is 44.4 Å². The zero-order chi connectivity index (χ0) is 21.1. The lowest BCUT2D eigenvalue weighted by molar-refractivity contribution is 0.0267. The van der Waals surface area contributed by atoms with Gasteiger partial charge in [-0.1, -0.05) is 18.2 Å². The van der Waals surface area contributed by atoms with Crippen LogP contribution in [0.1, 0.15) is 30.1 Å². The van der Waals surface area contributed by atoms with Crippen LogP contribution in [0.4, 0.5) is 4.39 Å². The van der Waals surface area contributed by atoms with Crippen molar-refractivity contribution in [1.29, 1.82) is 0 Å². The Hall–Kier alpha value is -2.87. The van der Waals surface area contributed by atoms with E-state index in [4.69, 9.17) is 4.74 Å². The second-order valence-corrected chi connectivity index (χ2v) is 8.04. The van der Waals surface area contributed by atoms with Gasteiger partial charge in [0.05, 0.1) is 24.0 Å². The number of benzene rings is 1. The van der Waals surface area contributed by atoms with E-state index in [1.54, 1.807) is 30.5 Å². The number of carbonyl (C=O) groups excluding carboxylic acids is 1. The molecule has 0 bridgehead atoms. The highest BCUT2D eigenvalue weighted by atomic mass is 79.9. The number of halogens is 2. The second-order valence-electron chi connectivity index (χ2n) is 7.12. The van der Waals surface area contributed by atoms with Crippen LogP contribution >= 0.6 is 15.9 Å². The molecule has 30 heavy (non-hydrogen) atoms. The maximum Gasteiger partial charge on any atom is 0.254 e. The Balaban J connectivity index is 1.57. The molecule has 0 unspecified atom stereocenters.